The fraction of sp³-hybridized carbons (Fsp3) is 0.304. The first-order valence-electron chi connectivity index (χ1n) is 8.94. The molecule has 0 aromatic heterocycles. The summed E-state index contributed by atoms with van der Waals surface area (Å²) in [5.41, 5.74) is 6.92. The lowest BCUT2D eigenvalue weighted by atomic mass is 9.64. The molecule has 0 saturated heterocycles. The summed E-state index contributed by atoms with van der Waals surface area (Å²) in [4.78, 5) is 0. The van der Waals surface area contributed by atoms with Crippen molar-refractivity contribution in [2.45, 2.75) is 32.6 Å². The van der Waals surface area contributed by atoms with Crippen LogP contribution in [0.4, 0.5) is 0 Å². The maximum absolute atomic E-state index is 5.64. The van der Waals surface area contributed by atoms with E-state index in [-0.39, 0.29) is 5.41 Å². The van der Waals surface area contributed by atoms with Gasteiger partial charge in [-0.15, -0.1) is 0 Å². The van der Waals surface area contributed by atoms with E-state index in [4.69, 9.17) is 9.47 Å². The summed E-state index contributed by atoms with van der Waals surface area (Å²) < 4.78 is 11.2. The molecule has 0 bridgehead atoms. The topological polar surface area (TPSA) is 18.5 Å². The number of hydrogen-bond acceptors (Lipinski definition) is 2. The van der Waals surface area contributed by atoms with E-state index < -0.39 is 0 Å². The zero-order valence-corrected chi connectivity index (χ0v) is 14.9. The van der Waals surface area contributed by atoms with Crippen LogP contribution in [0.15, 0.2) is 48.0 Å². The normalized spacial score (nSPS) is 22.8. The minimum Gasteiger partial charge on any atom is -0.454 e. The zero-order chi connectivity index (χ0) is 17.2. The molecule has 2 aromatic rings. The second-order valence-electron chi connectivity index (χ2n) is 7.94. The highest BCUT2D eigenvalue weighted by Crippen LogP contribution is 2.57. The summed E-state index contributed by atoms with van der Waals surface area (Å²) in [6, 6.07) is 13.1. The molecule has 0 fully saturated rings. The predicted molar refractivity (Wildman–Crippen MR) is 101 cm³/mol. The van der Waals surface area contributed by atoms with E-state index in [1.54, 1.807) is 0 Å². The van der Waals surface area contributed by atoms with Crippen LogP contribution in [-0.2, 0) is 0 Å². The van der Waals surface area contributed by atoms with Gasteiger partial charge in [0.25, 0.3) is 0 Å². The predicted octanol–water partition coefficient (Wildman–Crippen LogP) is 5.75. The molecule has 2 atom stereocenters. The fourth-order valence-corrected chi connectivity index (χ4v) is 4.99. The number of hydrogen-bond donors (Lipinski definition) is 0. The molecule has 2 unspecified atom stereocenters. The van der Waals surface area contributed by atoms with Crippen LogP contribution >= 0.6 is 0 Å². The summed E-state index contributed by atoms with van der Waals surface area (Å²) in [5.74, 6) is 2.53. The third-order valence-electron chi connectivity index (χ3n) is 6.07. The van der Waals surface area contributed by atoms with Crippen LogP contribution in [-0.4, -0.2) is 6.79 Å². The minimum atomic E-state index is 0.0721. The molecule has 0 spiro atoms. The van der Waals surface area contributed by atoms with E-state index in [0.717, 1.165) is 11.5 Å². The Labute approximate surface area is 148 Å². The smallest absolute Gasteiger partial charge is 0.231 e. The van der Waals surface area contributed by atoms with Gasteiger partial charge in [0, 0.05) is 11.8 Å². The molecule has 2 heteroatoms. The number of allylic oxidation sites excluding steroid dienone is 2. The van der Waals surface area contributed by atoms with Crippen molar-refractivity contribution < 1.29 is 9.47 Å². The molecule has 0 radical (unpaired) electrons. The van der Waals surface area contributed by atoms with Crippen LogP contribution in [0.3, 0.4) is 0 Å². The number of benzene rings is 2. The lowest BCUT2D eigenvalue weighted by molar-refractivity contribution is 0.174. The van der Waals surface area contributed by atoms with Gasteiger partial charge >= 0.3 is 0 Å². The third kappa shape index (κ3) is 2.03. The molecule has 2 aromatic carbocycles. The van der Waals surface area contributed by atoms with Gasteiger partial charge in [-0.05, 0) is 46.7 Å². The van der Waals surface area contributed by atoms with Gasteiger partial charge in [0.1, 0.15) is 0 Å². The molecule has 2 nitrogen and oxygen atoms in total. The quantitative estimate of drug-likeness (QED) is 0.698. The Kier molecular flexibility index (Phi) is 2.97. The number of rotatable bonds is 2. The van der Waals surface area contributed by atoms with Gasteiger partial charge in [-0.25, -0.2) is 0 Å². The van der Waals surface area contributed by atoms with Crippen LogP contribution in [0.25, 0.3) is 12.2 Å². The Morgan fingerprint density at radius 2 is 1.72 bits per heavy atom. The van der Waals surface area contributed by atoms with Crippen molar-refractivity contribution in [1.82, 2.24) is 0 Å². The maximum Gasteiger partial charge on any atom is 0.231 e. The van der Waals surface area contributed by atoms with Crippen LogP contribution in [0.1, 0.15) is 54.9 Å². The van der Waals surface area contributed by atoms with E-state index in [1.807, 2.05) is 0 Å². The Morgan fingerprint density at radius 1 is 0.960 bits per heavy atom. The Bertz CT molecular complexity index is 933. The summed E-state index contributed by atoms with van der Waals surface area (Å²) in [6.45, 7) is 7.37. The average Bonchev–Trinajstić information content (AvgIpc) is 3.27. The van der Waals surface area contributed by atoms with Crippen LogP contribution in [0, 0.1) is 5.41 Å². The first kappa shape index (κ1) is 14.8. The monoisotopic (exact) mass is 330 g/mol. The van der Waals surface area contributed by atoms with Crippen LogP contribution < -0.4 is 9.47 Å². The highest BCUT2D eigenvalue weighted by Gasteiger charge is 2.43. The molecular formula is C23H22O2. The molecule has 1 aliphatic heterocycles. The van der Waals surface area contributed by atoms with E-state index in [2.05, 4.69) is 75.4 Å². The van der Waals surface area contributed by atoms with Gasteiger partial charge in [0.2, 0.25) is 6.79 Å². The van der Waals surface area contributed by atoms with Crippen molar-refractivity contribution in [3.63, 3.8) is 0 Å². The van der Waals surface area contributed by atoms with Gasteiger partial charge in [-0.1, -0.05) is 61.9 Å². The van der Waals surface area contributed by atoms with E-state index in [1.165, 1.54) is 27.8 Å². The molecule has 3 aliphatic rings. The molecule has 126 valence electrons. The molecule has 0 saturated carbocycles. The first-order chi connectivity index (χ1) is 12.1. The highest BCUT2D eigenvalue weighted by molar-refractivity contribution is 5.71. The van der Waals surface area contributed by atoms with Gasteiger partial charge < -0.3 is 9.47 Å². The van der Waals surface area contributed by atoms with Crippen molar-refractivity contribution in [3.05, 3.63) is 70.3 Å². The van der Waals surface area contributed by atoms with Gasteiger partial charge in [-0.3, -0.25) is 0 Å². The first-order valence-corrected chi connectivity index (χ1v) is 8.94. The standard InChI is InChI=1S/C23H22O2/c1-14-10-16-11-20-21(25-13-24-20)12-18(16)22(14)23(2,3)19-9-8-15-6-4-5-7-17(15)19/h4-12,19,22H,13H2,1-3H3. The summed E-state index contributed by atoms with van der Waals surface area (Å²) in [7, 11) is 0. The van der Waals surface area contributed by atoms with Gasteiger partial charge in [0.05, 0.1) is 0 Å². The van der Waals surface area contributed by atoms with Crippen molar-refractivity contribution in [1.29, 1.82) is 0 Å². The minimum absolute atomic E-state index is 0.0721. The SMILES string of the molecule is CC1=Cc2cc3c(cc2C1C(C)(C)C1C=Cc2ccccc21)OCO3. The molecule has 1 heterocycles. The van der Waals surface area contributed by atoms with Crippen molar-refractivity contribution >= 4 is 12.2 Å². The molecule has 25 heavy (non-hydrogen) atoms. The van der Waals surface area contributed by atoms with Crippen LogP contribution in [0.2, 0.25) is 0 Å². The second-order valence-corrected chi connectivity index (χ2v) is 7.94. The van der Waals surface area contributed by atoms with Crippen molar-refractivity contribution in [2.24, 2.45) is 5.41 Å². The third-order valence-corrected chi connectivity index (χ3v) is 6.07. The van der Waals surface area contributed by atoms with E-state index >= 15 is 0 Å². The van der Waals surface area contributed by atoms with Crippen molar-refractivity contribution in [2.75, 3.05) is 6.79 Å². The van der Waals surface area contributed by atoms with Gasteiger partial charge in [0.15, 0.2) is 11.5 Å². The average molecular weight is 330 g/mol. The zero-order valence-electron chi connectivity index (χ0n) is 14.9. The number of ether oxygens (including phenoxy) is 2. The van der Waals surface area contributed by atoms with Crippen LogP contribution in [0.5, 0.6) is 11.5 Å². The summed E-state index contributed by atoms with van der Waals surface area (Å²) in [6.07, 6.45) is 6.97. The molecule has 0 N–H and O–H groups in total. The second kappa shape index (κ2) is 5.01. The van der Waals surface area contributed by atoms with Crippen molar-refractivity contribution in [3.8, 4) is 11.5 Å². The molecular weight excluding hydrogens is 308 g/mol. The fourth-order valence-electron chi connectivity index (χ4n) is 4.99. The van der Waals surface area contributed by atoms with E-state index in [9.17, 15) is 0 Å². The molecule has 5 rings (SSSR count). The Morgan fingerprint density at radius 3 is 2.56 bits per heavy atom. The molecule has 0 amide bonds. The molecule has 2 aliphatic carbocycles. The maximum atomic E-state index is 5.64. The lowest BCUT2D eigenvalue weighted by Crippen LogP contribution is -2.28. The lowest BCUT2D eigenvalue weighted by Gasteiger charge is -2.39. The van der Waals surface area contributed by atoms with Gasteiger partial charge in [-0.2, -0.15) is 0 Å². The number of fused-ring (bicyclic) bond motifs is 3. The Hall–Kier alpha value is -2.48. The largest absolute Gasteiger partial charge is 0.454 e. The van der Waals surface area contributed by atoms with E-state index in [0.29, 0.717) is 18.6 Å². The summed E-state index contributed by atoms with van der Waals surface area (Å²) >= 11 is 0. The summed E-state index contributed by atoms with van der Waals surface area (Å²) in [5, 5.41) is 0. The highest BCUT2D eigenvalue weighted by atomic mass is 16.7. The Balaban J connectivity index is 1.60.